The highest BCUT2D eigenvalue weighted by Gasteiger charge is 2.19. The maximum atomic E-state index is 6.42. The third-order valence-electron chi connectivity index (χ3n) is 13.9. The summed E-state index contributed by atoms with van der Waals surface area (Å²) in [6, 6.07) is 89.8. The van der Waals surface area contributed by atoms with E-state index in [9.17, 15) is 0 Å². The van der Waals surface area contributed by atoms with Gasteiger partial charge in [0.25, 0.3) is 0 Å². The Balaban J connectivity index is 0.925. The highest BCUT2D eigenvalue weighted by atomic mass is 16.5. The first kappa shape index (κ1) is 38.2. The van der Waals surface area contributed by atoms with E-state index in [4.69, 9.17) is 4.74 Å². The van der Waals surface area contributed by atoms with Gasteiger partial charge in [-0.25, -0.2) is 0 Å². The lowest BCUT2D eigenvalue weighted by Crippen LogP contribution is -1.94. The second-order valence-corrected chi connectivity index (χ2v) is 17.7. The molecule has 14 rings (SSSR count). The lowest BCUT2D eigenvalue weighted by Gasteiger charge is -2.11. The Hall–Kier alpha value is -9.12. The van der Waals surface area contributed by atoms with Gasteiger partial charge in [-0.3, -0.25) is 0 Å². The van der Waals surface area contributed by atoms with Crippen molar-refractivity contribution in [2.45, 2.75) is 0 Å². The molecule has 0 spiro atoms. The first-order chi connectivity index (χ1) is 33.7. The van der Waals surface area contributed by atoms with E-state index in [0.717, 1.165) is 45.0 Å². The maximum Gasteiger partial charge on any atom is 0.128 e. The molecule has 0 bridgehead atoms. The average molecular weight is 868 g/mol. The van der Waals surface area contributed by atoms with E-state index < -0.39 is 0 Å². The standard InChI is InChI=1S/C64H41N3O/c1-3-15-48(16-4-1)65-59-21-11-9-19-53(59)55-38-44(24-33-61(55)65)46-26-35-63-57(40-46)58-41-47(45-25-34-62-56(39-45)54-20-10-12-22-60(54)66(62)49-17-5-2-6-18-49)27-36-64(58)67(63)50-28-31-51(32-29-50)68-52-30-23-42-13-7-8-14-43(42)37-52/h1-41H. The molecular formula is C64H41N3O. The molecule has 11 aromatic carbocycles. The number of fused-ring (bicyclic) bond motifs is 10. The molecule has 4 nitrogen and oxygen atoms in total. The predicted octanol–water partition coefficient (Wildman–Crippen LogP) is 17.3. The maximum absolute atomic E-state index is 6.42. The van der Waals surface area contributed by atoms with Crippen LogP contribution in [0.4, 0.5) is 0 Å². The van der Waals surface area contributed by atoms with Gasteiger partial charge < -0.3 is 18.4 Å². The summed E-state index contributed by atoms with van der Waals surface area (Å²) in [7, 11) is 0. The minimum Gasteiger partial charge on any atom is -0.457 e. The van der Waals surface area contributed by atoms with Crippen LogP contribution in [0.1, 0.15) is 0 Å². The number of para-hydroxylation sites is 4. The van der Waals surface area contributed by atoms with E-state index in [2.05, 4.69) is 256 Å². The van der Waals surface area contributed by atoms with Crippen LogP contribution in [0, 0.1) is 0 Å². The number of hydrogen-bond donors (Lipinski definition) is 0. The van der Waals surface area contributed by atoms with Crippen LogP contribution in [0.25, 0.3) is 116 Å². The van der Waals surface area contributed by atoms with Crippen LogP contribution in [0.3, 0.4) is 0 Å². The highest BCUT2D eigenvalue weighted by Crippen LogP contribution is 2.41. The summed E-state index contributed by atoms with van der Waals surface area (Å²) in [6.45, 7) is 0. The minimum atomic E-state index is 0.794. The molecular weight excluding hydrogens is 827 g/mol. The van der Waals surface area contributed by atoms with Gasteiger partial charge in [-0.15, -0.1) is 0 Å². The Morgan fingerprint density at radius 1 is 0.221 bits per heavy atom. The molecule has 0 aliphatic heterocycles. The van der Waals surface area contributed by atoms with E-state index in [1.165, 1.54) is 82.0 Å². The molecule has 0 aliphatic rings. The van der Waals surface area contributed by atoms with Gasteiger partial charge >= 0.3 is 0 Å². The first-order valence-corrected chi connectivity index (χ1v) is 23.2. The fourth-order valence-corrected chi connectivity index (χ4v) is 10.7. The first-order valence-electron chi connectivity index (χ1n) is 23.2. The lowest BCUT2D eigenvalue weighted by molar-refractivity contribution is 0.483. The van der Waals surface area contributed by atoms with Crippen LogP contribution < -0.4 is 4.74 Å². The second-order valence-electron chi connectivity index (χ2n) is 17.7. The topological polar surface area (TPSA) is 24.0 Å². The average Bonchev–Trinajstić information content (AvgIpc) is 4.04. The molecule has 0 fully saturated rings. The van der Waals surface area contributed by atoms with Crippen molar-refractivity contribution in [3.63, 3.8) is 0 Å². The van der Waals surface area contributed by atoms with Gasteiger partial charge in [0, 0.05) is 49.4 Å². The summed E-state index contributed by atoms with van der Waals surface area (Å²) in [5.41, 5.74) is 15.2. The molecule has 68 heavy (non-hydrogen) atoms. The van der Waals surface area contributed by atoms with E-state index >= 15 is 0 Å². The van der Waals surface area contributed by atoms with Gasteiger partial charge in [0.1, 0.15) is 11.5 Å². The van der Waals surface area contributed by atoms with Crippen LogP contribution >= 0.6 is 0 Å². The molecule has 3 heterocycles. The summed E-state index contributed by atoms with van der Waals surface area (Å²) in [5.74, 6) is 1.61. The van der Waals surface area contributed by atoms with Gasteiger partial charge in [-0.2, -0.15) is 0 Å². The molecule has 0 unspecified atom stereocenters. The van der Waals surface area contributed by atoms with Crippen molar-refractivity contribution in [2.24, 2.45) is 0 Å². The minimum absolute atomic E-state index is 0.794. The van der Waals surface area contributed by atoms with Gasteiger partial charge in [0.05, 0.1) is 33.1 Å². The zero-order valence-electron chi connectivity index (χ0n) is 36.9. The van der Waals surface area contributed by atoms with Crippen LogP contribution in [0.15, 0.2) is 249 Å². The van der Waals surface area contributed by atoms with Crippen LogP contribution in [-0.2, 0) is 0 Å². The largest absolute Gasteiger partial charge is 0.457 e. The normalized spacial score (nSPS) is 11.8. The van der Waals surface area contributed by atoms with Gasteiger partial charge in [-0.1, -0.05) is 127 Å². The molecule has 0 saturated heterocycles. The molecule has 0 atom stereocenters. The van der Waals surface area contributed by atoms with Gasteiger partial charge in [0.2, 0.25) is 0 Å². The number of nitrogens with zero attached hydrogens (tertiary/aromatic N) is 3. The molecule has 0 aliphatic carbocycles. The Labute approximate surface area is 392 Å². The van der Waals surface area contributed by atoms with Crippen LogP contribution in [0.5, 0.6) is 11.5 Å². The fourth-order valence-electron chi connectivity index (χ4n) is 10.7. The highest BCUT2D eigenvalue weighted by molar-refractivity contribution is 6.14. The zero-order chi connectivity index (χ0) is 44.7. The molecule has 4 heteroatoms. The number of ether oxygens (including phenoxy) is 1. The van der Waals surface area contributed by atoms with E-state index in [1.807, 2.05) is 6.07 Å². The van der Waals surface area contributed by atoms with Crippen molar-refractivity contribution < 1.29 is 4.74 Å². The fraction of sp³-hybridized carbons (Fsp3) is 0. The van der Waals surface area contributed by atoms with E-state index in [0.29, 0.717) is 0 Å². The molecule has 318 valence electrons. The van der Waals surface area contributed by atoms with Gasteiger partial charge in [0.15, 0.2) is 0 Å². The Morgan fingerprint density at radius 2 is 0.574 bits per heavy atom. The molecule has 0 N–H and O–H groups in total. The molecule has 14 aromatic rings. The van der Waals surface area contributed by atoms with Crippen molar-refractivity contribution in [2.75, 3.05) is 0 Å². The lowest BCUT2D eigenvalue weighted by atomic mass is 9.98. The van der Waals surface area contributed by atoms with Crippen molar-refractivity contribution in [1.29, 1.82) is 0 Å². The Kier molecular flexibility index (Phi) is 8.55. The SMILES string of the molecule is c1ccc(-n2c3ccccc3c3cc(-c4ccc5c(c4)c4cc(-c6ccc7c(c6)c6ccccc6n7-c6ccccc6)ccc4n5-c4ccc(Oc5ccc6ccccc6c5)cc4)ccc32)cc1. The summed E-state index contributed by atoms with van der Waals surface area (Å²) in [6.07, 6.45) is 0. The number of rotatable bonds is 7. The Bertz CT molecular complexity index is 4060. The van der Waals surface area contributed by atoms with Crippen molar-refractivity contribution >= 4 is 76.2 Å². The summed E-state index contributed by atoms with van der Waals surface area (Å²) in [4.78, 5) is 0. The number of benzene rings is 11. The monoisotopic (exact) mass is 867 g/mol. The summed E-state index contributed by atoms with van der Waals surface area (Å²) in [5, 5.41) is 9.71. The Morgan fingerprint density at radius 3 is 1.04 bits per heavy atom. The van der Waals surface area contributed by atoms with Crippen molar-refractivity contribution in [1.82, 2.24) is 13.7 Å². The third-order valence-corrected chi connectivity index (χ3v) is 13.9. The van der Waals surface area contributed by atoms with Crippen LogP contribution in [-0.4, -0.2) is 13.7 Å². The van der Waals surface area contributed by atoms with E-state index in [-0.39, 0.29) is 0 Å². The van der Waals surface area contributed by atoms with Gasteiger partial charge in [-0.05, 0) is 154 Å². The summed E-state index contributed by atoms with van der Waals surface area (Å²) < 4.78 is 13.6. The smallest absolute Gasteiger partial charge is 0.128 e. The zero-order valence-corrected chi connectivity index (χ0v) is 36.9. The molecule has 3 aromatic heterocycles. The molecule has 0 radical (unpaired) electrons. The second kappa shape index (κ2) is 15.2. The number of aromatic nitrogens is 3. The van der Waals surface area contributed by atoms with Crippen molar-refractivity contribution in [3.05, 3.63) is 249 Å². The third kappa shape index (κ3) is 6.08. The summed E-state index contributed by atoms with van der Waals surface area (Å²) >= 11 is 0. The van der Waals surface area contributed by atoms with E-state index in [1.54, 1.807) is 0 Å². The number of hydrogen-bond acceptors (Lipinski definition) is 1. The van der Waals surface area contributed by atoms with Crippen LogP contribution in [0.2, 0.25) is 0 Å². The van der Waals surface area contributed by atoms with Crippen molar-refractivity contribution in [3.8, 4) is 50.8 Å². The predicted molar refractivity (Wildman–Crippen MR) is 284 cm³/mol. The molecule has 0 saturated carbocycles. The quantitative estimate of drug-likeness (QED) is 0.157. The molecule has 0 amide bonds.